The summed E-state index contributed by atoms with van der Waals surface area (Å²) in [5.41, 5.74) is 0. The van der Waals surface area contributed by atoms with Gasteiger partial charge in [-0.25, -0.2) is 0 Å². The van der Waals surface area contributed by atoms with Crippen LogP contribution in [0, 0.1) is 0 Å². The molecule has 0 saturated heterocycles. The monoisotopic (exact) mass is 308 g/mol. The lowest BCUT2D eigenvalue weighted by molar-refractivity contribution is 0.405. The van der Waals surface area contributed by atoms with E-state index >= 15 is 0 Å². The maximum atomic E-state index is 13.1. The number of rotatable bonds is 5. The third-order valence-electron chi connectivity index (χ3n) is 2.85. The highest BCUT2D eigenvalue weighted by Gasteiger charge is 2.25. The summed E-state index contributed by atoms with van der Waals surface area (Å²) < 4.78 is 23.6. The second-order valence-electron chi connectivity index (χ2n) is 4.29. The number of benzene rings is 2. The van der Waals surface area contributed by atoms with E-state index in [2.05, 4.69) is 0 Å². The zero-order valence-electron chi connectivity index (χ0n) is 11.7. The molecular weight excluding hydrogens is 291 g/mol. The van der Waals surface area contributed by atoms with Crippen molar-refractivity contribution in [1.82, 2.24) is 0 Å². The van der Waals surface area contributed by atoms with Gasteiger partial charge in [0.15, 0.2) is 6.34 Å². The smallest absolute Gasteiger partial charge is 0.172 e. The highest BCUT2D eigenvalue weighted by Crippen LogP contribution is 2.59. The molecule has 0 radical (unpaired) electrons. The molecule has 5 heteroatoms. The number of methoxy groups -OCH3 is 2. The summed E-state index contributed by atoms with van der Waals surface area (Å²) in [6.07, 6.45) is -2.65. The molecule has 2 rings (SSSR count). The van der Waals surface area contributed by atoms with E-state index < -0.39 is 6.34 Å². The van der Waals surface area contributed by atoms with Crippen molar-refractivity contribution in [3.05, 3.63) is 48.5 Å². The van der Waals surface area contributed by atoms with Crippen molar-refractivity contribution in [2.75, 3.05) is 20.9 Å². The fourth-order valence-corrected chi connectivity index (χ4v) is 5.85. The van der Waals surface area contributed by atoms with Crippen molar-refractivity contribution < 1.29 is 14.0 Å². The Morgan fingerprint density at radius 1 is 1.00 bits per heavy atom. The molecular formula is C15H17O3PS. The first-order valence-corrected chi connectivity index (χ1v) is 9.69. The fourth-order valence-electron chi connectivity index (χ4n) is 1.85. The standard InChI is InChI=1S/C15H17O3PS/c1-17-12-9-10-14(18-2)15(11-12)19(3,16)20-13-7-5-4-6-8-13/h4-11H,1-3H3. The zero-order valence-corrected chi connectivity index (χ0v) is 13.4. The molecule has 0 fully saturated rings. The zero-order chi connectivity index (χ0) is 14.6. The Morgan fingerprint density at radius 2 is 1.70 bits per heavy atom. The summed E-state index contributed by atoms with van der Waals surface area (Å²) in [5.74, 6) is 1.30. The summed E-state index contributed by atoms with van der Waals surface area (Å²) in [5, 5.41) is 0.688. The van der Waals surface area contributed by atoms with Gasteiger partial charge >= 0.3 is 0 Å². The molecule has 0 spiro atoms. The van der Waals surface area contributed by atoms with E-state index in [4.69, 9.17) is 9.47 Å². The second kappa shape index (κ2) is 6.38. The SMILES string of the molecule is COc1ccc(OC)c(P(C)(=O)Sc2ccccc2)c1. The van der Waals surface area contributed by atoms with Crippen LogP contribution in [-0.4, -0.2) is 20.9 Å². The molecule has 20 heavy (non-hydrogen) atoms. The minimum absolute atomic E-state index is 0.625. The summed E-state index contributed by atoms with van der Waals surface area (Å²) >= 11 is 1.37. The van der Waals surface area contributed by atoms with E-state index in [9.17, 15) is 4.57 Å². The van der Waals surface area contributed by atoms with Crippen LogP contribution >= 0.6 is 17.7 Å². The van der Waals surface area contributed by atoms with Crippen LogP contribution in [0.3, 0.4) is 0 Å². The molecule has 2 aromatic carbocycles. The minimum Gasteiger partial charge on any atom is -0.497 e. The Bertz CT molecular complexity index is 628. The van der Waals surface area contributed by atoms with Crippen molar-refractivity contribution in [3.8, 4) is 11.5 Å². The first-order valence-electron chi connectivity index (χ1n) is 6.11. The van der Waals surface area contributed by atoms with Crippen molar-refractivity contribution >= 4 is 23.0 Å². The van der Waals surface area contributed by atoms with Gasteiger partial charge in [0.05, 0.1) is 19.5 Å². The first kappa shape index (κ1) is 15.0. The third kappa shape index (κ3) is 3.38. The average molecular weight is 308 g/mol. The van der Waals surface area contributed by atoms with Gasteiger partial charge in [0.2, 0.25) is 0 Å². The Balaban J connectivity index is 2.40. The number of ether oxygens (including phenoxy) is 2. The molecule has 0 saturated carbocycles. The predicted octanol–water partition coefficient (Wildman–Crippen LogP) is 4.03. The molecule has 0 N–H and O–H groups in total. The summed E-state index contributed by atoms with van der Waals surface area (Å²) in [6, 6.07) is 15.1. The van der Waals surface area contributed by atoms with E-state index in [1.54, 1.807) is 39.1 Å². The van der Waals surface area contributed by atoms with Gasteiger partial charge in [-0.3, -0.25) is 0 Å². The van der Waals surface area contributed by atoms with Crippen molar-refractivity contribution in [3.63, 3.8) is 0 Å². The van der Waals surface area contributed by atoms with Crippen LogP contribution < -0.4 is 14.8 Å². The van der Waals surface area contributed by atoms with Gasteiger partial charge in [-0.15, -0.1) is 0 Å². The highest BCUT2D eigenvalue weighted by molar-refractivity contribution is 8.60. The topological polar surface area (TPSA) is 35.5 Å². The van der Waals surface area contributed by atoms with Crippen LogP contribution in [-0.2, 0) is 4.57 Å². The van der Waals surface area contributed by atoms with Crippen LogP contribution in [0.15, 0.2) is 53.4 Å². The van der Waals surface area contributed by atoms with E-state index in [0.717, 1.165) is 4.90 Å². The lowest BCUT2D eigenvalue weighted by Gasteiger charge is -2.17. The molecule has 3 nitrogen and oxygen atoms in total. The van der Waals surface area contributed by atoms with Gasteiger partial charge in [-0.05, 0) is 30.3 Å². The Hall–Kier alpha value is -1.38. The molecule has 1 atom stereocenters. The van der Waals surface area contributed by atoms with Crippen LogP contribution in [0.4, 0.5) is 0 Å². The van der Waals surface area contributed by atoms with Gasteiger partial charge < -0.3 is 14.0 Å². The molecule has 0 heterocycles. The van der Waals surface area contributed by atoms with E-state index in [0.29, 0.717) is 16.8 Å². The van der Waals surface area contributed by atoms with Crippen molar-refractivity contribution in [1.29, 1.82) is 0 Å². The summed E-state index contributed by atoms with van der Waals surface area (Å²) in [6.45, 7) is 1.75. The van der Waals surface area contributed by atoms with Crippen LogP contribution in [0.25, 0.3) is 0 Å². The highest BCUT2D eigenvalue weighted by atomic mass is 32.7. The van der Waals surface area contributed by atoms with Gasteiger partial charge in [-0.2, -0.15) is 0 Å². The molecule has 0 aliphatic carbocycles. The molecule has 0 aromatic heterocycles. The van der Waals surface area contributed by atoms with E-state index in [1.165, 1.54) is 11.4 Å². The maximum absolute atomic E-state index is 13.1. The van der Waals surface area contributed by atoms with Crippen LogP contribution in [0.2, 0.25) is 0 Å². The average Bonchev–Trinajstić information content (AvgIpc) is 2.47. The van der Waals surface area contributed by atoms with Gasteiger partial charge in [-0.1, -0.05) is 29.6 Å². The second-order valence-corrected chi connectivity index (χ2v) is 9.75. The number of hydrogen-bond acceptors (Lipinski definition) is 4. The third-order valence-corrected chi connectivity index (χ3v) is 7.17. The Kier molecular flexibility index (Phi) is 4.79. The fraction of sp³-hybridized carbons (Fsp3) is 0.200. The molecule has 2 aromatic rings. The lowest BCUT2D eigenvalue weighted by atomic mass is 10.3. The lowest BCUT2D eigenvalue weighted by Crippen LogP contribution is -2.07. The largest absolute Gasteiger partial charge is 0.497 e. The quantitative estimate of drug-likeness (QED) is 0.781. The molecule has 1 unspecified atom stereocenters. The molecule has 0 bridgehead atoms. The van der Waals surface area contributed by atoms with E-state index in [1.807, 2.05) is 30.3 Å². The van der Waals surface area contributed by atoms with Gasteiger partial charge in [0, 0.05) is 11.6 Å². The summed E-state index contributed by atoms with van der Waals surface area (Å²) in [4.78, 5) is 0.975. The van der Waals surface area contributed by atoms with Crippen molar-refractivity contribution in [2.45, 2.75) is 4.90 Å². The minimum atomic E-state index is -2.65. The Labute approximate surface area is 123 Å². The van der Waals surface area contributed by atoms with Crippen LogP contribution in [0.1, 0.15) is 0 Å². The molecule has 0 amide bonds. The van der Waals surface area contributed by atoms with E-state index in [-0.39, 0.29) is 0 Å². The summed E-state index contributed by atoms with van der Waals surface area (Å²) in [7, 11) is 3.18. The molecule has 0 aliphatic rings. The van der Waals surface area contributed by atoms with Crippen LogP contribution in [0.5, 0.6) is 11.5 Å². The predicted molar refractivity (Wildman–Crippen MR) is 85.0 cm³/mol. The molecule has 0 aliphatic heterocycles. The van der Waals surface area contributed by atoms with Gasteiger partial charge in [0.1, 0.15) is 11.5 Å². The number of hydrogen-bond donors (Lipinski definition) is 0. The van der Waals surface area contributed by atoms with Gasteiger partial charge in [0.25, 0.3) is 0 Å². The normalized spacial score (nSPS) is 13.6. The Morgan fingerprint density at radius 3 is 2.30 bits per heavy atom. The first-order chi connectivity index (χ1) is 9.56. The van der Waals surface area contributed by atoms with Crippen molar-refractivity contribution in [2.24, 2.45) is 0 Å². The maximum Gasteiger partial charge on any atom is 0.172 e. The molecule has 106 valence electrons.